The number of rotatable bonds is 2. The van der Waals surface area contributed by atoms with E-state index < -0.39 is 0 Å². The average Bonchev–Trinajstić information content (AvgIpc) is 2.58. The monoisotopic (exact) mass is 303 g/mol. The molecule has 0 atom stereocenters. The maximum atomic E-state index is 5.87. The summed E-state index contributed by atoms with van der Waals surface area (Å²) in [5.41, 5.74) is 1.03. The summed E-state index contributed by atoms with van der Waals surface area (Å²) in [5, 5.41) is 3.45. The second-order valence-corrected chi connectivity index (χ2v) is 5.14. The largest absolute Gasteiger partial charge is 0.246 e. The molecular formula is C9H7BrClN3S. The summed E-state index contributed by atoms with van der Waals surface area (Å²) in [6.07, 6.45) is 2.29. The van der Waals surface area contributed by atoms with Gasteiger partial charge in [0.15, 0.2) is 0 Å². The van der Waals surface area contributed by atoms with E-state index in [-0.39, 0.29) is 0 Å². The number of hydrogen-bond acceptors (Lipinski definition) is 4. The van der Waals surface area contributed by atoms with Gasteiger partial charge < -0.3 is 0 Å². The Hall–Kier alpha value is -0.520. The highest BCUT2D eigenvalue weighted by molar-refractivity contribution is 9.10. The van der Waals surface area contributed by atoms with E-state index in [4.69, 9.17) is 11.6 Å². The summed E-state index contributed by atoms with van der Waals surface area (Å²) < 4.78 is 0.711. The second kappa shape index (κ2) is 4.55. The molecule has 0 saturated heterocycles. The Morgan fingerprint density at radius 2 is 2.27 bits per heavy atom. The van der Waals surface area contributed by atoms with Gasteiger partial charge in [0.2, 0.25) is 0 Å². The van der Waals surface area contributed by atoms with Crippen LogP contribution in [-0.2, 0) is 6.42 Å². The van der Waals surface area contributed by atoms with Crippen molar-refractivity contribution < 1.29 is 0 Å². The van der Waals surface area contributed by atoms with E-state index in [0.29, 0.717) is 21.9 Å². The third-order valence-corrected chi connectivity index (χ3v) is 3.79. The van der Waals surface area contributed by atoms with Crippen LogP contribution in [0.4, 0.5) is 0 Å². The SMILES string of the molecule is Cc1csc(Cc2ncc(Br)c(Cl)n2)n1. The van der Waals surface area contributed by atoms with Gasteiger partial charge in [-0.2, -0.15) is 0 Å². The van der Waals surface area contributed by atoms with Gasteiger partial charge in [0.25, 0.3) is 0 Å². The lowest BCUT2D eigenvalue weighted by molar-refractivity contribution is 0.947. The lowest BCUT2D eigenvalue weighted by atomic mass is 10.4. The fraction of sp³-hybridized carbons (Fsp3) is 0.222. The van der Waals surface area contributed by atoms with Gasteiger partial charge in [-0.05, 0) is 22.9 Å². The van der Waals surface area contributed by atoms with Gasteiger partial charge in [-0.3, -0.25) is 0 Å². The van der Waals surface area contributed by atoms with Gasteiger partial charge >= 0.3 is 0 Å². The molecule has 0 radical (unpaired) electrons. The minimum atomic E-state index is 0.438. The van der Waals surface area contributed by atoms with Crippen molar-refractivity contribution in [2.45, 2.75) is 13.3 Å². The van der Waals surface area contributed by atoms with Crippen LogP contribution in [0.15, 0.2) is 16.0 Å². The van der Waals surface area contributed by atoms with Crippen LogP contribution in [0.25, 0.3) is 0 Å². The summed E-state index contributed by atoms with van der Waals surface area (Å²) in [6, 6.07) is 0. The molecule has 0 aliphatic rings. The molecular weight excluding hydrogens is 298 g/mol. The van der Waals surface area contributed by atoms with Crippen molar-refractivity contribution in [2.75, 3.05) is 0 Å². The zero-order valence-corrected chi connectivity index (χ0v) is 11.0. The summed E-state index contributed by atoms with van der Waals surface area (Å²) in [7, 11) is 0. The van der Waals surface area contributed by atoms with Gasteiger partial charge in [-0.25, -0.2) is 15.0 Å². The third-order valence-electron chi connectivity index (χ3n) is 1.73. The Kier molecular flexibility index (Phi) is 3.33. The van der Waals surface area contributed by atoms with Crippen LogP contribution >= 0.6 is 38.9 Å². The maximum Gasteiger partial charge on any atom is 0.146 e. The molecule has 2 heterocycles. The molecule has 78 valence electrons. The van der Waals surface area contributed by atoms with Crippen molar-refractivity contribution in [1.82, 2.24) is 15.0 Å². The molecule has 0 amide bonds. The molecule has 2 aromatic heterocycles. The number of hydrogen-bond donors (Lipinski definition) is 0. The van der Waals surface area contributed by atoms with Crippen molar-refractivity contribution in [3.8, 4) is 0 Å². The molecule has 0 saturated carbocycles. The van der Waals surface area contributed by atoms with Crippen molar-refractivity contribution >= 4 is 38.9 Å². The predicted octanol–water partition coefficient (Wildman–Crippen LogP) is 3.25. The zero-order valence-electron chi connectivity index (χ0n) is 7.87. The Morgan fingerprint density at radius 1 is 1.47 bits per heavy atom. The molecule has 2 rings (SSSR count). The van der Waals surface area contributed by atoms with Gasteiger partial charge in [-0.1, -0.05) is 11.6 Å². The lowest BCUT2D eigenvalue weighted by Gasteiger charge is -1.98. The number of halogens is 2. The van der Waals surface area contributed by atoms with E-state index in [1.807, 2.05) is 12.3 Å². The van der Waals surface area contributed by atoms with Gasteiger partial charge in [0.05, 0.1) is 10.9 Å². The van der Waals surface area contributed by atoms with Crippen LogP contribution in [0, 0.1) is 6.92 Å². The number of thiazole rings is 1. The Labute approximate surface area is 105 Å². The molecule has 0 N–H and O–H groups in total. The summed E-state index contributed by atoms with van der Waals surface area (Å²) in [4.78, 5) is 12.7. The molecule has 0 bridgehead atoms. The van der Waals surface area contributed by atoms with E-state index in [0.717, 1.165) is 10.7 Å². The van der Waals surface area contributed by atoms with Crippen molar-refractivity contribution in [3.63, 3.8) is 0 Å². The summed E-state index contributed by atoms with van der Waals surface area (Å²) in [6.45, 7) is 1.97. The van der Waals surface area contributed by atoms with Crippen LogP contribution in [0.5, 0.6) is 0 Å². The average molecular weight is 305 g/mol. The molecule has 0 aliphatic heterocycles. The third kappa shape index (κ3) is 2.74. The van der Waals surface area contributed by atoms with Crippen molar-refractivity contribution in [3.05, 3.63) is 37.7 Å². The maximum absolute atomic E-state index is 5.87. The molecule has 0 spiro atoms. The fourth-order valence-corrected chi connectivity index (χ4v) is 2.19. The van der Waals surface area contributed by atoms with Crippen molar-refractivity contribution in [1.29, 1.82) is 0 Å². The highest BCUT2D eigenvalue weighted by Gasteiger charge is 2.06. The summed E-state index contributed by atoms with van der Waals surface area (Å²) in [5.74, 6) is 0.692. The molecule has 3 nitrogen and oxygen atoms in total. The molecule has 0 unspecified atom stereocenters. The minimum absolute atomic E-state index is 0.438. The topological polar surface area (TPSA) is 38.7 Å². The smallest absolute Gasteiger partial charge is 0.146 e. The molecule has 0 aliphatic carbocycles. The van der Waals surface area contributed by atoms with Gasteiger partial charge in [0.1, 0.15) is 16.0 Å². The molecule has 0 aromatic carbocycles. The molecule has 2 aromatic rings. The first kappa shape index (κ1) is 11.0. The molecule has 6 heteroatoms. The first-order valence-corrected chi connectivity index (χ1v) is 6.28. The minimum Gasteiger partial charge on any atom is -0.246 e. The van der Waals surface area contributed by atoms with Crippen LogP contribution in [0.2, 0.25) is 5.15 Å². The van der Waals surface area contributed by atoms with Gasteiger partial charge in [-0.15, -0.1) is 11.3 Å². The first-order valence-electron chi connectivity index (χ1n) is 4.23. The van der Waals surface area contributed by atoms with Crippen LogP contribution in [0.3, 0.4) is 0 Å². The lowest BCUT2D eigenvalue weighted by Crippen LogP contribution is -1.96. The number of aryl methyl sites for hydroxylation is 1. The molecule has 0 fully saturated rings. The summed E-state index contributed by atoms with van der Waals surface area (Å²) >= 11 is 10.7. The Balaban J connectivity index is 2.21. The number of aromatic nitrogens is 3. The highest BCUT2D eigenvalue weighted by Crippen LogP contribution is 2.19. The van der Waals surface area contributed by atoms with E-state index in [9.17, 15) is 0 Å². The second-order valence-electron chi connectivity index (χ2n) is 2.98. The van der Waals surface area contributed by atoms with Crippen LogP contribution in [-0.4, -0.2) is 15.0 Å². The van der Waals surface area contributed by atoms with Crippen LogP contribution < -0.4 is 0 Å². The predicted molar refractivity (Wildman–Crippen MR) is 64.4 cm³/mol. The van der Waals surface area contributed by atoms with E-state index in [1.54, 1.807) is 17.5 Å². The standard InChI is InChI=1S/C9H7BrClN3S/c1-5-4-15-8(13-5)2-7-12-3-6(10)9(11)14-7/h3-4H,2H2,1H3. The highest BCUT2D eigenvalue weighted by atomic mass is 79.9. The van der Waals surface area contributed by atoms with E-state index in [2.05, 4.69) is 30.9 Å². The first-order chi connectivity index (χ1) is 7.15. The van der Waals surface area contributed by atoms with Crippen LogP contribution in [0.1, 0.15) is 16.5 Å². The Bertz CT molecular complexity index is 486. The quantitative estimate of drug-likeness (QED) is 0.800. The van der Waals surface area contributed by atoms with Gasteiger partial charge in [0, 0.05) is 17.3 Å². The van der Waals surface area contributed by atoms with E-state index >= 15 is 0 Å². The normalized spacial score (nSPS) is 10.6. The zero-order chi connectivity index (χ0) is 10.8. The Morgan fingerprint density at radius 3 is 2.87 bits per heavy atom. The van der Waals surface area contributed by atoms with E-state index in [1.165, 1.54) is 0 Å². The van der Waals surface area contributed by atoms with Crippen molar-refractivity contribution in [2.24, 2.45) is 0 Å². The number of nitrogens with zero attached hydrogens (tertiary/aromatic N) is 3. The fourth-order valence-electron chi connectivity index (χ4n) is 1.08. The molecule has 15 heavy (non-hydrogen) atoms.